The van der Waals surface area contributed by atoms with Gasteiger partial charge in [0.05, 0.1) is 0 Å². The second-order valence-corrected chi connectivity index (χ2v) is 3.99. The maximum Gasteiger partial charge on any atom is 0.0373 e. The molecule has 0 amide bonds. The molecule has 2 heteroatoms. The van der Waals surface area contributed by atoms with E-state index in [0.29, 0.717) is 5.92 Å². The Hall–Kier alpha value is -1.57. The molecule has 0 aromatic carbocycles. The molecule has 0 aliphatic carbocycles. The van der Waals surface area contributed by atoms with E-state index in [1.54, 1.807) is 0 Å². The van der Waals surface area contributed by atoms with Gasteiger partial charge in [-0.3, -0.25) is 4.98 Å². The lowest BCUT2D eigenvalue weighted by Gasteiger charge is -2.19. The van der Waals surface area contributed by atoms with Crippen molar-refractivity contribution in [1.29, 1.82) is 0 Å². The van der Waals surface area contributed by atoms with Crippen molar-refractivity contribution < 1.29 is 0 Å². The van der Waals surface area contributed by atoms with Crippen molar-refractivity contribution in [2.75, 3.05) is 6.54 Å². The summed E-state index contributed by atoms with van der Waals surface area (Å²) in [6.45, 7) is 5.37. The molecule has 1 unspecified atom stereocenters. The molecule has 1 N–H and O–H groups in total. The fourth-order valence-electron chi connectivity index (χ4n) is 1.67. The van der Waals surface area contributed by atoms with E-state index in [2.05, 4.69) is 36.3 Å². The van der Waals surface area contributed by atoms with Gasteiger partial charge in [-0.05, 0) is 42.2 Å². The average molecular weight is 200 g/mol. The quantitative estimate of drug-likeness (QED) is 0.753. The first-order valence-electron chi connectivity index (χ1n) is 5.30. The average Bonchev–Trinajstić information content (AvgIpc) is 2.30. The SMILES string of the molecule is C/C(=C1/C=CC(C)CN1)c1ccncc1. The van der Waals surface area contributed by atoms with Crippen molar-refractivity contribution in [2.45, 2.75) is 13.8 Å². The zero-order chi connectivity index (χ0) is 10.7. The zero-order valence-electron chi connectivity index (χ0n) is 9.20. The third-order valence-electron chi connectivity index (χ3n) is 2.72. The molecule has 0 saturated heterocycles. The summed E-state index contributed by atoms with van der Waals surface area (Å²) >= 11 is 0. The fraction of sp³-hybridized carbons (Fsp3) is 0.308. The molecule has 0 radical (unpaired) electrons. The lowest BCUT2D eigenvalue weighted by molar-refractivity contribution is 0.638. The van der Waals surface area contributed by atoms with Gasteiger partial charge in [0, 0.05) is 24.6 Å². The van der Waals surface area contributed by atoms with E-state index < -0.39 is 0 Å². The number of allylic oxidation sites excluding steroid dienone is 2. The summed E-state index contributed by atoms with van der Waals surface area (Å²) < 4.78 is 0. The maximum absolute atomic E-state index is 4.02. The molecule has 2 heterocycles. The van der Waals surface area contributed by atoms with Gasteiger partial charge in [-0.15, -0.1) is 0 Å². The summed E-state index contributed by atoms with van der Waals surface area (Å²) in [5.74, 6) is 0.624. The lowest BCUT2D eigenvalue weighted by Crippen LogP contribution is -2.23. The van der Waals surface area contributed by atoms with Crippen LogP contribution in [0, 0.1) is 5.92 Å². The summed E-state index contributed by atoms with van der Waals surface area (Å²) in [6, 6.07) is 4.08. The minimum absolute atomic E-state index is 0.624. The highest BCUT2D eigenvalue weighted by Gasteiger charge is 2.08. The molecule has 0 bridgehead atoms. The number of hydrogen-bond donors (Lipinski definition) is 1. The van der Waals surface area contributed by atoms with Crippen LogP contribution in [0.2, 0.25) is 0 Å². The van der Waals surface area contributed by atoms with Crippen molar-refractivity contribution >= 4 is 5.57 Å². The van der Waals surface area contributed by atoms with Crippen LogP contribution >= 0.6 is 0 Å². The predicted molar refractivity (Wildman–Crippen MR) is 63.1 cm³/mol. The Kier molecular flexibility index (Phi) is 2.86. The summed E-state index contributed by atoms with van der Waals surface area (Å²) in [4.78, 5) is 4.02. The molecular weight excluding hydrogens is 184 g/mol. The second-order valence-electron chi connectivity index (χ2n) is 3.99. The Bertz CT molecular complexity index is 390. The first kappa shape index (κ1) is 9.97. The van der Waals surface area contributed by atoms with Crippen LogP contribution in [0.15, 0.2) is 42.4 Å². The van der Waals surface area contributed by atoms with Crippen LogP contribution in [0.1, 0.15) is 19.4 Å². The van der Waals surface area contributed by atoms with Gasteiger partial charge in [-0.2, -0.15) is 0 Å². The van der Waals surface area contributed by atoms with E-state index in [1.807, 2.05) is 24.5 Å². The summed E-state index contributed by atoms with van der Waals surface area (Å²) in [6.07, 6.45) is 8.07. The summed E-state index contributed by atoms with van der Waals surface area (Å²) in [7, 11) is 0. The molecule has 15 heavy (non-hydrogen) atoms. The Morgan fingerprint density at radius 1 is 1.40 bits per heavy atom. The minimum Gasteiger partial charge on any atom is -0.384 e. The Morgan fingerprint density at radius 2 is 2.13 bits per heavy atom. The Labute approximate surface area is 90.7 Å². The molecule has 0 saturated carbocycles. The van der Waals surface area contributed by atoms with Crippen molar-refractivity contribution in [3.8, 4) is 0 Å². The monoisotopic (exact) mass is 200 g/mol. The van der Waals surface area contributed by atoms with Crippen molar-refractivity contribution in [3.05, 3.63) is 47.9 Å². The van der Waals surface area contributed by atoms with Crippen LogP contribution in [0.4, 0.5) is 0 Å². The van der Waals surface area contributed by atoms with Gasteiger partial charge in [-0.25, -0.2) is 0 Å². The molecule has 1 aliphatic heterocycles. The lowest BCUT2D eigenvalue weighted by atomic mass is 10.0. The van der Waals surface area contributed by atoms with Crippen molar-refractivity contribution in [1.82, 2.24) is 10.3 Å². The molecule has 1 aromatic rings. The highest BCUT2D eigenvalue weighted by Crippen LogP contribution is 2.19. The van der Waals surface area contributed by atoms with Crippen LogP contribution in [-0.2, 0) is 0 Å². The van der Waals surface area contributed by atoms with Crippen molar-refractivity contribution in [3.63, 3.8) is 0 Å². The maximum atomic E-state index is 4.02. The van der Waals surface area contributed by atoms with Crippen LogP contribution in [-0.4, -0.2) is 11.5 Å². The first-order chi connectivity index (χ1) is 7.27. The molecule has 78 valence electrons. The molecule has 0 spiro atoms. The van der Waals surface area contributed by atoms with Crippen molar-refractivity contribution in [2.24, 2.45) is 5.92 Å². The second kappa shape index (κ2) is 4.30. The standard InChI is InChI=1S/C13H16N2/c1-10-3-4-13(15-9-10)11(2)12-5-7-14-8-6-12/h3-8,10,15H,9H2,1-2H3/b13-11+. The number of aromatic nitrogens is 1. The molecule has 0 fully saturated rings. The predicted octanol–water partition coefficient (Wildman–Crippen LogP) is 2.61. The Morgan fingerprint density at radius 3 is 2.73 bits per heavy atom. The molecule has 1 atom stereocenters. The van der Waals surface area contributed by atoms with Crippen LogP contribution in [0.3, 0.4) is 0 Å². The number of hydrogen-bond acceptors (Lipinski definition) is 2. The van der Waals surface area contributed by atoms with Gasteiger partial charge in [-0.1, -0.05) is 13.0 Å². The van der Waals surface area contributed by atoms with Gasteiger partial charge >= 0.3 is 0 Å². The third-order valence-corrected chi connectivity index (χ3v) is 2.72. The van der Waals surface area contributed by atoms with E-state index in [0.717, 1.165) is 6.54 Å². The summed E-state index contributed by atoms with van der Waals surface area (Å²) in [5, 5.41) is 3.44. The Balaban J connectivity index is 2.30. The molecule has 1 aromatic heterocycles. The summed E-state index contributed by atoms with van der Waals surface area (Å²) in [5.41, 5.74) is 3.73. The van der Waals surface area contributed by atoms with E-state index in [4.69, 9.17) is 0 Å². The van der Waals surface area contributed by atoms with Crippen LogP contribution in [0.5, 0.6) is 0 Å². The third kappa shape index (κ3) is 2.27. The fourth-order valence-corrected chi connectivity index (χ4v) is 1.67. The topological polar surface area (TPSA) is 24.9 Å². The van der Waals surface area contributed by atoms with Gasteiger partial charge < -0.3 is 5.32 Å². The first-order valence-corrected chi connectivity index (χ1v) is 5.30. The smallest absolute Gasteiger partial charge is 0.0373 e. The van der Waals surface area contributed by atoms with Crippen LogP contribution < -0.4 is 5.32 Å². The number of nitrogens with one attached hydrogen (secondary N) is 1. The normalized spacial score (nSPS) is 23.5. The van der Waals surface area contributed by atoms with E-state index >= 15 is 0 Å². The van der Waals surface area contributed by atoms with Gasteiger partial charge in [0.15, 0.2) is 0 Å². The molecular formula is C13H16N2. The highest BCUT2D eigenvalue weighted by atomic mass is 14.9. The molecule has 2 rings (SSSR count). The number of nitrogens with zero attached hydrogens (tertiary/aromatic N) is 1. The largest absolute Gasteiger partial charge is 0.384 e. The number of pyridine rings is 1. The van der Waals surface area contributed by atoms with Gasteiger partial charge in [0.2, 0.25) is 0 Å². The zero-order valence-corrected chi connectivity index (χ0v) is 9.20. The van der Waals surface area contributed by atoms with Gasteiger partial charge in [0.1, 0.15) is 0 Å². The molecule has 2 nitrogen and oxygen atoms in total. The number of rotatable bonds is 1. The highest BCUT2D eigenvalue weighted by molar-refractivity contribution is 5.68. The van der Waals surface area contributed by atoms with E-state index in [1.165, 1.54) is 16.8 Å². The van der Waals surface area contributed by atoms with Gasteiger partial charge in [0.25, 0.3) is 0 Å². The van der Waals surface area contributed by atoms with E-state index in [-0.39, 0.29) is 0 Å². The minimum atomic E-state index is 0.624. The van der Waals surface area contributed by atoms with E-state index in [9.17, 15) is 0 Å². The van der Waals surface area contributed by atoms with Crippen LogP contribution in [0.25, 0.3) is 5.57 Å². The molecule has 1 aliphatic rings.